The Morgan fingerprint density at radius 1 is 1.27 bits per heavy atom. The van der Waals surface area contributed by atoms with Gasteiger partial charge in [-0.2, -0.15) is 13.2 Å². The summed E-state index contributed by atoms with van der Waals surface area (Å²) in [6.45, 7) is 7.06. The lowest BCUT2D eigenvalue weighted by molar-refractivity contribution is -0.181. The molecule has 1 aromatic rings. The average molecular weight is 448 g/mol. The maximum absolute atomic E-state index is 13.3. The number of halogens is 3. The minimum atomic E-state index is -4.99. The van der Waals surface area contributed by atoms with Crippen molar-refractivity contribution >= 4 is 21.0 Å². The van der Waals surface area contributed by atoms with Gasteiger partial charge in [0.2, 0.25) is 5.88 Å². The molecule has 1 aliphatic rings. The van der Waals surface area contributed by atoms with Gasteiger partial charge in [0.25, 0.3) is 0 Å². The van der Waals surface area contributed by atoms with Crippen LogP contribution in [0.5, 0.6) is 5.88 Å². The van der Waals surface area contributed by atoms with Crippen molar-refractivity contribution in [2.45, 2.75) is 58.5 Å². The van der Waals surface area contributed by atoms with Crippen LogP contribution in [0.15, 0.2) is 12.1 Å². The van der Waals surface area contributed by atoms with Gasteiger partial charge in [-0.1, -0.05) is 0 Å². The summed E-state index contributed by atoms with van der Waals surface area (Å²) < 4.78 is 51.4. The molecule has 1 aliphatic heterocycles. The Hall–Kier alpha value is -2.30. The molecule has 30 heavy (non-hydrogen) atoms. The second-order valence-corrected chi connectivity index (χ2v) is 11.2. The third-order valence-electron chi connectivity index (χ3n) is 4.54. The summed E-state index contributed by atoms with van der Waals surface area (Å²) in [5, 5.41) is 0. The highest BCUT2D eigenvalue weighted by Crippen LogP contribution is 2.26. The van der Waals surface area contributed by atoms with E-state index in [0.717, 1.165) is 4.57 Å². The molecule has 0 saturated carbocycles. The molecule has 1 atom stereocenters. The first-order valence-electron chi connectivity index (χ1n) is 9.67. The Bertz CT molecular complexity index is 783. The molecular formula is C19H28F3N3O4Si. The predicted molar refractivity (Wildman–Crippen MR) is 107 cm³/mol. The largest absolute Gasteiger partial charge is 0.481 e. The average Bonchev–Trinajstić information content (AvgIpc) is 2.63. The van der Waals surface area contributed by atoms with Gasteiger partial charge < -0.3 is 18.9 Å². The van der Waals surface area contributed by atoms with Crippen LogP contribution in [0.1, 0.15) is 38.4 Å². The smallest absolute Gasteiger partial charge is 0.470 e. The van der Waals surface area contributed by atoms with Gasteiger partial charge in [0.15, 0.2) is 8.96 Å². The summed E-state index contributed by atoms with van der Waals surface area (Å²) in [7, 11) is -1.05. The molecule has 0 aliphatic carbocycles. The van der Waals surface area contributed by atoms with Crippen LogP contribution < -0.4 is 4.74 Å². The lowest BCUT2D eigenvalue weighted by Crippen LogP contribution is -2.57. The van der Waals surface area contributed by atoms with Crippen LogP contribution >= 0.6 is 0 Å². The first-order valence-corrected chi connectivity index (χ1v) is 11.8. The van der Waals surface area contributed by atoms with E-state index in [4.69, 9.17) is 9.47 Å². The zero-order chi connectivity index (χ0) is 22.7. The number of methoxy groups -OCH3 is 1. The Morgan fingerprint density at radius 3 is 2.50 bits per heavy atom. The van der Waals surface area contributed by atoms with E-state index in [9.17, 15) is 22.8 Å². The van der Waals surface area contributed by atoms with Gasteiger partial charge in [-0.3, -0.25) is 4.79 Å². The number of alkyl halides is 3. The molecule has 7 nitrogen and oxygen atoms in total. The molecule has 0 unspecified atom stereocenters. The first-order chi connectivity index (χ1) is 13.8. The third kappa shape index (κ3) is 6.61. The molecule has 0 spiro atoms. The lowest BCUT2D eigenvalue weighted by Gasteiger charge is -2.39. The molecule has 0 aromatic carbocycles. The van der Waals surface area contributed by atoms with Gasteiger partial charge in [-0.25, -0.2) is 9.78 Å². The maximum atomic E-state index is 13.3. The Labute approximate surface area is 175 Å². The molecule has 2 rings (SSSR count). The highest BCUT2D eigenvalue weighted by atomic mass is 28.3. The van der Waals surface area contributed by atoms with Crippen LogP contribution in [0, 0.1) is 6.92 Å². The Morgan fingerprint density at radius 2 is 1.93 bits per heavy atom. The third-order valence-corrected chi connectivity index (χ3v) is 7.78. The Balaban J connectivity index is 2.27. The number of ether oxygens (including phenoxy) is 2. The van der Waals surface area contributed by atoms with Crippen LogP contribution in [-0.2, 0) is 16.1 Å². The number of rotatable bonds is 4. The fourth-order valence-electron chi connectivity index (χ4n) is 3.33. The van der Waals surface area contributed by atoms with E-state index in [1.54, 1.807) is 33.8 Å². The minimum Gasteiger partial charge on any atom is -0.481 e. The van der Waals surface area contributed by atoms with E-state index < -0.39 is 32.7 Å². The highest BCUT2D eigenvalue weighted by Gasteiger charge is 2.46. The number of hydrogen-bond acceptors (Lipinski definition) is 5. The van der Waals surface area contributed by atoms with Gasteiger partial charge in [0.1, 0.15) is 5.60 Å². The SMILES string of the molecule is COc1cc(CN(C(=O)C(F)(F)F)[Si@H]2CCCN(C(=O)OC(C)(C)C)C2)cc(C)n1. The first kappa shape index (κ1) is 24.0. The topological polar surface area (TPSA) is 72.0 Å². The van der Waals surface area contributed by atoms with Crippen LogP contribution in [-0.4, -0.2) is 67.0 Å². The number of aromatic nitrogens is 1. The van der Waals surface area contributed by atoms with Crippen molar-refractivity contribution < 1.29 is 32.2 Å². The summed E-state index contributed by atoms with van der Waals surface area (Å²) in [6, 6.07) is 3.64. The number of aryl methyl sites for hydroxylation is 1. The van der Waals surface area contributed by atoms with Crippen molar-refractivity contribution in [2.75, 3.05) is 19.8 Å². The lowest BCUT2D eigenvalue weighted by atomic mass is 10.2. The fraction of sp³-hybridized carbons (Fsp3) is 0.632. The maximum Gasteiger partial charge on any atom is 0.470 e. The number of carbonyl (C=O) groups is 2. The van der Waals surface area contributed by atoms with Gasteiger partial charge in [0.05, 0.1) is 7.11 Å². The molecule has 0 N–H and O–H groups in total. The van der Waals surface area contributed by atoms with Crippen molar-refractivity contribution in [1.82, 2.24) is 14.4 Å². The molecule has 168 valence electrons. The van der Waals surface area contributed by atoms with Gasteiger partial charge in [0, 0.05) is 31.0 Å². The zero-order valence-corrected chi connectivity index (χ0v) is 19.0. The number of amides is 2. The summed E-state index contributed by atoms with van der Waals surface area (Å²) in [5.41, 5.74) is 0.362. The van der Waals surface area contributed by atoms with E-state index in [1.165, 1.54) is 18.1 Å². The Kier molecular flexibility index (Phi) is 7.38. The minimum absolute atomic E-state index is 0.109. The normalized spacial score (nSPS) is 17.5. The van der Waals surface area contributed by atoms with Crippen LogP contribution in [0.3, 0.4) is 0 Å². The van der Waals surface area contributed by atoms with E-state index in [1.807, 2.05) is 0 Å². The van der Waals surface area contributed by atoms with E-state index >= 15 is 0 Å². The highest BCUT2D eigenvalue weighted by molar-refractivity contribution is 6.59. The van der Waals surface area contributed by atoms with Crippen molar-refractivity contribution in [2.24, 2.45) is 0 Å². The quantitative estimate of drug-likeness (QED) is 0.663. The molecule has 2 heterocycles. The standard InChI is InChI=1S/C19H28F3N3O4Si/c1-13-9-14(10-15(23-13)28-5)11-25(16(26)19(20,21)22)30-8-6-7-24(12-30)17(27)29-18(2,3)4/h9-10,30H,6-8,11-12H2,1-5H3/t30-/m0/s1. The number of carbonyl (C=O) groups excluding carboxylic acids is 2. The summed E-state index contributed by atoms with van der Waals surface area (Å²) >= 11 is 0. The van der Waals surface area contributed by atoms with Crippen molar-refractivity contribution in [3.8, 4) is 5.88 Å². The molecule has 1 aromatic heterocycles. The van der Waals surface area contributed by atoms with Crippen molar-refractivity contribution in [3.05, 3.63) is 23.4 Å². The van der Waals surface area contributed by atoms with Crippen molar-refractivity contribution in [3.63, 3.8) is 0 Å². The molecule has 2 amide bonds. The van der Waals surface area contributed by atoms with Crippen molar-refractivity contribution in [1.29, 1.82) is 0 Å². The summed E-state index contributed by atoms with van der Waals surface area (Å²) in [5.74, 6) is -1.61. The van der Waals surface area contributed by atoms with Crippen LogP contribution in [0.4, 0.5) is 18.0 Å². The van der Waals surface area contributed by atoms with Gasteiger partial charge >= 0.3 is 18.2 Å². The number of pyridine rings is 1. The molecular weight excluding hydrogens is 419 g/mol. The summed E-state index contributed by atoms with van der Waals surface area (Å²) in [6.07, 6.45) is -4.93. The van der Waals surface area contributed by atoms with E-state index in [-0.39, 0.29) is 18.6 Å². The molecule has 1 saturated heterocycles. The second kappa shape index (κ2) is 9.23. The second-order valence-electron chi connectivity index (χ2n) is 8.31. The fourth-order valence-corrected chi connectivity index (χ4v) is 6.46. The monoisotopic (exact) mass is 447 g/mol. The molecule has 0 bridgehead atoms. The van der Waals surface area contributed by atoms with Gasteiger partial charge in [-0.05, 0) is 51.8 Å². The van der Waals surface area contributed by atoms with E-state index in [2.05, 4.69) is 4.98 Å². The van der Waals surface area contributed by atoms with E-state index in [0.29, 0.717) is 30.3 Å². The summed E-state index contributed by atoms with van der Waals surface area (Å²) in [4.78, 5) is 30.2. The van der Waals surface area contributed by atoms with Crippen LogP contribution in [0.2, 0.25) is 6.04 Å². The number of nitrogens with zero attached hydrogens (tertiary/aromatic N) is 3. The molecule has 11 heteroatoms. The number of hydrogen-bond donors (Lipinski definition) is 0. The molecule has 0 radical (unpaired) electrons. The van der Waals surface area contributed by atoms with Crippen LogP contribution in [0.25, 0.3) is 0 Å². The zero-order valence-electron chi connectivity index (χ0n) is 17.9. The van der Waals surface area contributed by atoms with Gasteiger partial charge in [-0.15, -0.1) is 0 Å². The molecule has 1 fully saturated rings. The predicted octanol–water partition coefficient (Wildman–Crippen LogP) is 3.19.